The van der Waals surface area contributed by atoms with E-state index in [2.05, 4.69) is 10.6 Å². The second-order valence-corrected chi connectivity index (χ2v) is 4.50. The molecular weight excluding hydrogens is 255 g/mol. The van der Waals surface area contributed by atoms with Crippen molar-refractivity contribution in [1.29, 1.82) is 0 Å². The molecule has 18 heavy (non-hydrogen) atoms. The Morgan fingerprint density at radius 3 is 3.00 bits per heavy atom. The first-order valence-electron chi connectivity index (χ1n) is 5.79. The average molecular weight is 269 g/mol. The van der Waals surface area contributed by atoms with Gasteiger partial charge >= 0.3 is 0 Å². The lowest BCUT2D eigenvalue weighted by Gasteiger charge is -2.15. The standard InChI is InChI=1S/C13H14ClFN2O/c14-10-2-1-3-11(15)12(10)13(18)17-8-9-4-6-16-7-5-9/h1-4,16H,5-8H2,(H,17,18). The van der Waals surface area contributed by atoms with Crippen LogP contribution in [0.5, 0.6) is 0 Å². The van der Waals surface area contributed by atoms with Crippen molar-refractivity contribution < 1.29 is 9.18 Å². The number of hydrogen-bond acceptors (Lipinski definition) is 2. The molecule has 0 saturated heterocycles. The summed E-state index contributed by atoms with van der Waals surface area (Å²) in [5.41, 5.74) is 1.06. The number of halogens is 2. The second-order valence-electron chi connectivity index (χ2n) is 4.10. The predicted molar refractivity (Wildman–Crippen MR) is 69.3 cm³/mol. The fourth-order valence-electron chi connectivity index (χ4n) is 1.83. The molecule has 1 aromatic carbocycles. The summed E-state index contributed by atoms with van der Waals surface area (Å²) in [4.78, 5) is 11.9. The van der Waals surface area contributed by atoms with Crippen LogP contribution in [0, 0.1) is 5.82 Å². The first-order chi connectivity index (χ1) is 8.68. The first-order valence-corrected chi connectivity index (χ1v) is 6.17. The molecule has 0 aromatic heterocycles. The van der Waals surface area contributed by atoms with Crippen molar-refractivity contribution in [3.63, 3.8) is 0 Å². The summed E-state index contributed by atoms with van der Waals surface area (Å²) in [6.07, 6.45) is 2.93. The van der Waals surface area contributed by atoms with Gasteiger partial charge in [0.05, 0.1) is 10.6 Å². The zero-order valence-corrected chi connectivity index (χ0v) is 10.6. The highest BCUT2D eigenvalue weighted by atomic mass is 35.5. The highest BCUT2D eigenvalue weighted by molar-refractivity contribution is 6.33. The first kappa shape index (κ1) is 13.1. The molecule has 3 nitrogen and oxygen atoms in total. The molecule has 1 aliphatic rings. The molecule has 0 radical (unpaired) electrons. The van der Waals surface area contributed by atoms with E-state index in [1.165, 1.54) is 18.2 Å². The van der Waals surface area contributed by atoms with Crippen LogP contribution in [0.15, 0.2) is 29.8 Å². The largest absolute Gasteiger partial charge is 0.348 e. The van der Waals surface area contributed by atoms with E-state index in [1.807, 2.05) is 6.08 Å². The minimum atomic E-state index is -0.598. The van der Waals surface area contributed by atoms with Gasteiger partial charge in [0.25, 0.3) is 5.91 Å². The van der Waals surface area contributed by atoms with Crippen molar-refractivity contribution >= 4 is 17.5 Å². The van der Waals surface area contributed by atoms with Crippen molar-refractivity contribution in [3.8, 4) is 0 Å². The molecule has 1 aromatic rings. The molecule has 1 amide bonds. The van der Waals surface area contributed by atoms with Gasteiger partial charge in [-0.2, -0.15) is 0 Å². The van der Waals surface area contributed by atoms with Crippen molar-refractivity contribution in [3.05, 3.63) is 46.3 Å². The summed E-state index contributed by atoms with van der Waals surface area (Å²) >= 11 is 5.82. The number of rotatable bonds is 3. The Labute approximate surface area is 110 Å². The molecule has 0 saturated carbocycles. The van der Waals surface area contributed by atoms with Crippen molar-refractivity contribution in [2.24, 2.45) is 0 Å². The van der Waals surface area contributed by atoms with Crippen LogP contribution in [0.2, 0.25) is 5.02 Å². The van der Waals surface area contributed by atoms with Crippen molar-refractivity contribution in [1.82, 2.24) is 10.6 Å². The van der Waals surface area contributed by atoms with Crippen LogP contribution in [-0.4, -0.2) is 25.5 Å². The Morgan fingerprint density at radius 2 is 2.33 bits per heavy atom. The lowest BCUT2D eigenvalue weighted by Crippen LogP contribution is -2.30. The molecular formula is C13H14ClFN2O. The smallest absolute Gasteiger partial charge is 0.256 e. The number of carbonyl (C=O) groups is 1. The molecule has 1 aliphatic heterocycles. The third-order valence-electron chi connectivity index (χ3n) is 2.82. The number of carbonyl (C=O) groups excluding carboxylic acids is 1. The molecule has 5 heteroatoms. The maximum Gasteiger partial charge on any atom is 0.256 e. The topological polar surface area (TPSA) is 41.1 Å². The van der Waals surface area contributed by atoms with Crippen LogP contribution in [0.4, 0.5) is 4.39 Å². The van der Waals surface area contributed by atoms with E-state index in [4.69, 9.17) is 11.6 Å². The van der Waals surface area contributed by atoms with Crippen LogP contribution >= 0.6 is 11.6 Å². The number of amides is 1. The molecule has 0 unspecified atom stereocenters. The molecule has 96 valence electrons. The summed E-state index contributed by atoms with van der Waals surface area (Å²) < 4.78 is 13.5. The molecule has 0 fully saturated rings. The van der Waals surface area contributed by atoms with E-state index in [9.17, 15) is 9.18 Å². The van der Waals surface area contributed by atoms with Gasteiger partial charge in [-0.25, -0.2) is 4.39 Å². The van der Waals surface area contributed by atoms with Gasteiger partial charge in [-0.05, 0) is 25.1 Å². The third-order valence-corrected chi connectivity index (χ3v) is 3.14. The molecule has 2 N–H and O–H groups in total. The quantitative estimate of drug-likeness (QED) is 0.825. The summed E-state index contributed by atoms with van der Waals surface area (Å²) in [6, 6.07) is 4.21. The van der Waals surface area contributed by atoms with Gasteiger partial charge in [0.2, 0.25) is 0 Å². The summed E-state index contributed by atoms with van der Waals surface area (Å²) in [5.74, 6) is -1.07. The minimum absolute atomic E-state index is 0.0892. The van der Waals surface area contributed by atoms with Gasteiger partial charge in [0.15, 0.2) is 0 Å². The Hall–Kier alpha value is -1.39. The Morgan fingerprint density at radius 1 is 1.50 bits per heavy atom. The molecule has 0 spiro atoms. The van der Waals surface area contributed by atoms with Crippen LogP contribution in [0.1, 0.15) is 16.8 Å². The average Bonchev–Trinajstić information content (AvgIpc) is 2.37. The predicted octanol–water partition coefficient (Wildman–Crippen LogP) is 2.13. The molecule has 1 heterocycles. The number of benzene rings is 1. The van der Waals surface area contributed by atoms with E-state index in [0.29, 0.717) is 6.54 Å². The Balaban J connectivity index is 2.01. The fourth-order valence-corrected chi connectivity index (χ4v) is 2.08. The van der Waals surface area contributed by atoms with Gasteiger partial charge in [0, 0.05) is 13.1 Å². The Bertz CT molecular complexity index is 468. The van der Waals surface area contributed by atoms with E-state index in [-0.39, 0.29) is 10.6 Å². The maximum atomic E-state index is 13.5. The van der Waals surface area contributed by atoms with E-state index in [0.717, 1.165) is 25.1 Å². The summed E-state index contributed by atoms with van der Waals surface area (Å²) in [5, 5.41) is 6.00. The number of hydrogen-bond donors (Lipinski definition) is 2. The van der Waals surface area contributed by atoms with Gasteiger partial charge in [-0.3, -0.25) is 4.79 Å². The SMILES string of the molecule is O=C(NCC1=CCNCC1)c1c(F)cccc1Cl. The maximum absolute atomic E-state index is 13.5. The monoisotopic (exact) mass is 268 g/mol. The van der Waals surface area contributed by atoms with Crippen molar-refractivity contribution in [2.75, 3.05) is 19.6 Å². The van der Waals surface area contributed by atoms with Crippen LogP contribution in [-0.2, 0) is 0 Å². The molecule has 0 bridgehead atoms. The zero-order valence-electron chi connectivity index (χ0n) is 9.80. The van der Waals surface area contributed by atoms with Crippen LogP contribution in [0.25, 0.3) is 0 Å². The van der Waals surface area contributed by atoms with Crippen LogP contribution < -0.4 is 10.6 Å². The highest BCUT2D eigenvalue weighted by Crippen LogP contribution is 2.18. The highest BCUT2D eigenvalue weighted by Gasteiger charge is 2.15. The van der Waals surface area contributed by atoms with Gasteiger partial charge in [-0.15, -0.1) is 0 Å². The van der Waals surface area contributed by atoms with E-state index < -0.39 is 11.7 Å². The van der Waals surface area contributed by atoms with Gasteiger partial charge in [0.1, 0.15) is 5.82 Å². The van der Waals surface area contributed by atoms with Crippen molar-refractivity contribution in [2.45, 2.75) is 6.42 Å². The van der Waals surface area contributed by atoms with E-state index >= 15 is 0 Å². The third kappa shape index (κ3) is 3.09. The lowest BCUT2D eigenvalue weighted by atomic mass is 10.1. The summed E-state index contributed by atoms with van der Waals surface area (Å²) in [6.45, 7) is 2.15. The molecule has 2 rings (SSSR count). The number of nitrogens with one attached hydrogen (secondary N) is 2. The summed E-state index contributed by atoms with van der Waals surface area (Å²) in [7, 11) is 0. The van der Waals surface area contributed by atoms with Gasteiger partial charge in [-0.1, -0.05) is 29.3 Å². The Kier molecular flexibility index (Phi) is 4.33. The normalized spacial score (nSPS) is 15.1. The molecule has 0 aliphatic carbocycles. The van der Waals surface area contributed by atoms with E-state index in [1.54, 1.807) is 0 Å². The fraction of sp³-hybridized carbons (Fsp3) is 0.308. The molecule has 0 atom stereocenters. The zero-order chi connectivity index (χ0) is 13.0. The van der Waals surface area contributed by atoms with Crippen LogP contribution in [0.3, 0.4) is 0 Å². The minimum Gasteiger partial charge on any atom is -0.348 e. The lowest BCUT2D eigenvalue weighted by molar-refractivity contribution is 0.0953. The second kappa shape index (κ2) is 5.98. The van der Waals surface area contributed by atoms with Gasteiger partial charge < -0.3 is 10.6 Å².